The Labute approximate surface area is 210 Å². The fraction of sp³-hybridized carbons (Fsp3) is 0. The molecule has 0 saturated heterocycles. The van der Waals surface area contributed by atoms with Gasteiger partial charge in [-0.25, -0.2) is 43.9 Å². The first kappa shape index (κ1) is 27.4. The monoisotopic (exact) mass is 558 g/mol. The zero-order chi connectivity index (χ0) is 28.8. The average molecular weight is 558 g/mol. The molecule has 0 bridgehead atoms. The lowest BCUT2D eigenvalue weighted by Gasteiger charge is -2.13. The van der Waals surface area contributed by atoms with Crippen LogP contribution in [0, 0.1) is 58.2 Å². The number of para-hydroxylation sites is 1. The maximum absolute atomic E-state index is 14.2. The molecule has 3 nitrogen and oxygen atoms in total. The number of ketones is 2. The zero-order valence-corrected chi connectivity index (χ0v) is 18.6. The van der Waals surface area contributed by atoms with E-state index in [-0.39, 0.29) is 5.75 Å². The lowest BCUT2D eigenvalue weighted by molar-refractivity contribution is 0.101. The van der Waals surface area contributed by atoms with Crippen molar-refractivity contribution in [3.63, 3.8) is 0 Å². The SMILES string of the molecule is O=C(c1ccc(Oc2ccccc2C(=O)c2c(F)c(F)c(F)c(F)c2F)cc1)c1c(F)c(F)c(F)c(F)c1F. The van der Waals surface area contributed by atoms with E-state index < -0.39 is 97.7 Å². The molecule has 0 aliphatic heterocycles. The summed E-state index contributed by atoms with van der Waals surface area (Å²) in [5, 5.41) is 0. The molecular weight excluding hydrogens is 550 g/mol. The van der Waals surface area contributed by atoms with Gasteiger partial charge in [-0.1, -0.05) is 12.1 Å². The average Bonchev–Trinajstić information content (AvgIpc) is 2.93. The Bertz CT molecular complexity index is 1610. The van der Waals surface area contributed by atoms with Crippen LogP contribution >= 0.6 is 0 Å². The highest BCUT2D eigenvalue weighted by atomic mass is 19.2. The van der Waals surface area contributed by atoms with Crippen molar-refractivity contribution in [2.24, 2.45) is 0 Å². The van der Waals surface area contributed by atoms with Crippen LogP contribution in [0.3, 0.4) is 0 Å². The van der Waals surface area contributed by atoms with Crippen molar-refractivity contribution in [3.8, 4) is 11.5 Å². The molecule has 0 N–H and O–H groups in total. The van der Waals surface area contributed by atoms with Crippen molar-refractivity contribution in [3.05, 3.63) is 129 Å². The van der Waals surface area contributed by atoms with Gasteiger partial charge in [0.15, 0.2) is 52.3 Å². The molecule has 4 aromatic rings. The molecule has 0 aromatic heterocycles. The number of benzene rings is 4. The molecule has 0 aliphatic carbocycles. The van der Waals surface area contributed by atoms with Crippen LogP contribution in [0.4, 0.5) is 43.9 Å². The van der Waals surface area contributed by atoms with Crippen LogP contribution < -0.4 is 4.74 Å². The standard InChI is InChI=1S/C26H8F10O3/c27-15-13(16(28)20(32)23(35)19(15)31)25(37)9-5-7-10(8-6-9)39-12-4-2-1-3-11(12)26(38)14-17(29)21(33)24(36)22(34)18(14)30/h1-8H. The molecule has 39 heavy (non-hydrogen) atoms. The Hall–Kier alpha value is -4.68. The van der Waals surface area contributed by atoms with Gasteiger partial charge in [0.05, 0.1) is 5.56 Å². The van der Waals surface area contributed by atoms with E-state index in [0.717, 1.165) is 36.4 Å². The summed E-state index contributed by atoms with van der Waals surface area (Å²) >= 11 is 0. The smallest absolute Gasteiger partial charge is 0.202 e. The van der Waals surface area contributed by atoms with E-state index in [9.17, 15) is 53.5 Å². The molecule has 0 unspecified atom stereocenters. The second kappa shape index (κ2) is 10.2. The second-order valence-corrected chi connectivity index (χ2v) is 7.67. The normalized spacial score (nSPS) is 11.0. The van der Waals surface area contributed by atoms with Gasteiger partial charge < -0.3 is 4.74 Å². The van der Waals surface area contributed by atoms with Gasteiger partial charge in [0, 0.05) is 5.56 Å². The van der Waals surface area contributed by atoms with Crippen LogP contribution in [0.15, 0.2) is 48.5 Å². The van der Waals surface area contributed by atoms with Gasteiger partial charge in [0.1, 0.15) is 22.6 Å². The molecule has 0 amide bonds. The molecule has 4 rings (SSSR count). The van der Waals surface area contributed by atoms with Crippen LogP contribution in [0.5, 0.6) is 11.5 Å². The number of carbonyl (C=O) groups is 2. The second-order valence-electron chi connectivity index (χ2n) is 7.67. The third-order valence-electron chi connectivity index (χ3n) is 5.35. The summed E-state index contributed by atoms with van der Waals surface area (Å²) in [7, 11) is 0. The van der Waals surface area contributed by atoms with Gasteiger partial charge in [-0.3, -0.25) is 9.59 Å². The van der Waals surface area contributed by atoms with E-state index in [1.165, 1.54) is 12.1 Å². The van der Waals surface area contributed by atoms with Crippen molar-refractivity contribution < 1.29 is 58.2 Å². The number of hydrogen-bond acceptors (Lipinski definition) is 3. The third-order valence-corrected chi connectivity index (χ3v) is 5.35. The van der Waals surface area contributed by atoms with Gasteiger partial charge in [-0.05, 0) is 36.4 Å². The van der Waals surface area contributed by atoms with Crippen LogP contribution in [-0.4, -0.2) is 11.6 Å². The molecule has 200 valence electrons. The van der Waals surface area contributed by atoms with Gasteiger partial charge >= 0.3 is 0 Å². The van der Waals surface area contributed by atoms with E-state index in [2.05, 4.69) is 0 Å². The summed E-state index contributed by atoms with van der Waals surface area (Å²) in [6.07, 6.45) is 0. The molecule has 0 aliphatic rings. The maximum atomic E-state index is 14.2. The molecule has 0 atom stereocenters. The number of hydrogen-bond donors (Lipinski definition) is 0. The summed E-state index contributed by atoms with van der Waals surface area (Å²) in [5.74, 6) is -27.6. The number of ether oxygens (including phenoxy) is 1. The Balaban J connectivity index is 1.67. The quantitative estimate of drug-likeness (QED) is 0.108. The van der Waals surface area contributed by atoms with E-state index in [4.69, 9.17) is 4.74 Å². The highest BCUT2D eigenvalue weighted by molar-refractivity contribution is 6.11. The first-order valence-corrected chi connectivity index (χ1v) is 10.4. The van der Waals surface area contributed by atoms with Crippen molar-refractivity contribution >= 4 is 11.6 Å². The minimum atomic E-state index is -2.47. The van der Waals surface area contributed by atoms with Gasteiger partial charge in [0.25, 0.3) is 0 Å². The highest BCUT2D eigenvalue weighted by Gasteiger charge is 2.32. The zero-order valence-electron chi connectivity index (χ0n) is 18.6. The minimum absolute atomic E-state index is 0.221. The largest absolute Gasteiger partial charge is 0.457 e. The summed E-state index contributed by atoms with van der Waals surface area (Å²) < 4.78 is 142. The lowest BCUT2D eigenvalue weighted by atomic mass is 10.0. The van der Waals surface area contributed by atoms with Crippen molar-refractivity contribution in [1.82, 2.24) is 0 Å². The number of halogens is 10. The predicted octanol–water partition coefficient (Wildman–Crippen LogP) is 7.33. The van der Waals surface area contributed by atoms with E-state index in [1.807, 2.05) is 0 Å². The Morgan fingerprint density at radius 2 is 0.846 bits per heavy atom. The number of carbonyl (C=O) groups excluding carboxylic acids is 2. The summed E-state index contributed by atoms with van der Waals surface area (Å²) in [5.41, 5.74) is -4.64. The first-order chi connectivity index (χ1) is 18.4. The molecule has 4 aromatic carbocycles. The summed E-state index contributed by atoms with van der Waals surface area (Å²) in [6.45, 7) is 0. The fourth-order valence-corrected chi connectivity index (χ4v) is 3.43. The molecule has 0 fully saturated rings. The van der Waals surface area contributed by atoms with Gasteiger partial charge in [-0.15, -0.1) is 0 Å². The minimum Gasteiger partial charge on any atom is -0.457 e. The molecule has 0 radical (unpaired) electrons. The summed E-state index contributed by atoms with van der Waals surface area (Å²) in [6, 6.07) is 8.19. The maximum Gasteiger partial charge on any atom is 0.202 e. The topological polar surface area (TPSA) is 43.4 Å². The lowest BCUT2D eigenvalue weighted by Crippen LogP contribution is -2.14. The fourth-order valence-electron chi connectivity index (χ4n) is 3.43. The Kier molecular flexibility index (Phi) is 7.18. The summed E-state index contributed by atoms with van der Waals surface area (Å²) in [4.78, 5) is 25.2. The van der Waals surface area contributed by atoms with Crippen LogP contribution in [0.1, 0.15) is 31.8 Å². The van der Waals surface area contributed by atoms with E-state index in [0.29, 0.717) is 0 Å². The molecule has 0 heterocycles. The highest BCUT2D eigenvalue weighted by Crippen LogP contribution is 2.32. The van der Waals surface area contributed by atoms with Crippen LogP contribution in [0.2, 0.25) is 0 Å². The van der Waals surface area contributed by atoms with Crippen LogP contribution in [-0.2, 0) is 0 Å². The molecular formula is C26H8F10O3. The first-order valence-electron chi connectivity index (χ1n) is 10.4. The van der Waals surface area contributed by atoms with Crippen LogP contribution in [0.25, 0.3) is 0 Å². The van der Waals surface area contributed by atoms with Crippen molar-refractivity contribution in [1.29, 1.82) is 0 Å². The van der Waals surface area contributed by atoms with Gasteiger partial charge in [0.2, 0.25) is 17.4 Å². The molecule has 13 heteroatoms. The molecule has 0 spiro atoms. The van der Waals surface area contributed by atoms with Gasteiger partial charge in [-0.2, -0.15) is 0 Å². The molecule has 0 saturated carbocycles. The van der Waals surface area contributed by atoms with E-state index in [1.54, 1.807) is 0 Å². The third kappa shape index (κ3) is 4.60. The Morgan fingerprint density at radius 3 is 1.31 bits per heavy atom. The Morgan fingerprint density at radius 1 is 0.462 bits per heavy atom. The van der Waals surface area contributed by atoms with Crippen molar-refractivity contribution in [2.45, 2.75) is 0 Å². The number of rotatable bonds is 6. The van der Waals surface area contributed by atoms with Crippen molar-refractivity contribution in [2.75, 3.05) is 0 Å². The van der Waals surface area contributed by atoms with E-state index >= 15 is 0 Å². The predicted molar refractivity (Wildman–Crippen MR) is 112 cm³/mol.